The summed E-state index contributed by atoms with van der Waals surface area (Å²) in [6.45, 7) is 0.464. The molecule has 1 heterocycles. The molecule has 2 aromatic carbocycles. The van der Waals surface area contributed by atoms with Crippen LogP contribution in [-0.4, -0.2) is 55.4 Å². The van der Waals surface area contributed by atoms with Crippen LogP contribution in [0, 0.1) is 5.82 Å². The Morgan fingerprint density at radius 2 is 1.92 bits per heavy atom. The van der Waals surface area contributed by atoms with Crippen LogP contribution in [0.4, 0.5) is 10.1 Å². The quantitative estimate of drug-likeness (QED) is 0.167. The predicted molar refractivity (Wildman–Crippen MR) is 128 cm³/mol. The molecule has 1 amide bonds. The number of anilines is 1. The zero-order valence-corrected chi connectivity index (χ0v) is 19.6. The van der Waals surface area contributed by atoms with Gasteiger partial charge in [0.1, 0.15) is 18.0 Å². The van der Waals surface area contributed by atoms with Crippen LogP contribution in [-0.2, 0) is 11.3 Å². The van der Waals surface area contributed by atoms with Crippen molar-refractivity contribution in [3.63, 3.8) is 0 Å². The largest absolute Gasteiger partial charge is 0.494 e. The minimum atomic E-state index is -0.649. The molecule has 0 unspecified atom stereocenters. The molecule has 0 bridgehead atoms. The molecule has 1 aromatic heterocycles. The SMILES string of the molecule is COC(=O)c1ccc(OCCNc2c(C=[NH2+])nc(C(=O)NCc3ccc(F)c(OC)c3)[nH]c2=O)cc1. The van der Waals surface area contributed by atoms with Crippen LogP contribution >= 0.6 is 0 Å². The van der Waals surface area contributed by atoms with Crippen molar-refractivity contribution in [3.05, 3.63) is 81.3 Å². The normalized spacial score (nSPS) is 10.3. The number of rotatable bonds is 11. The van der Waals surface area contributed by atoms with Crippen LogP contribution in [0.1, 0.15) is 32.2 Å². The van der Waals surface area contributed by atoms with Crippen molar-refractivity contribution in [2.24, 2.45) is 0 Å². The molecule has 0 atom stereocenters. The molecule has 36 heavy (non-hydrogen) atoms. The molecule has 188 valence electrons. The Hall–Kier alpha value is -4.74. The summed E-state index contributed by atoms with van der Waals surface area (Å²) in [5.41, 5.74) is 0.535. The van der Waals surface area contributed by atoms with Gasteiger partial charge in [-0.2, -0.15) is 0 Å². The first-order valence-corrected chi connectivity index (χ1v) is 10.7. The van der Waals surface area contributed by atoms with E-state index < -0.39 is 23.3 Å². The Balaban J connectivity index is 1.58. The van der Waals surface area contributed by atoms with E-state index in [0.29, 0.717) is 16.9 Å². The molecular formula is C24H25FN5O6+. The minimum absolute atomic E-state index is 0.0471. The van der Waals surface area contributed by atoms with Gasteiger partial charge < -0.3 is 29.8 Å². The molecule has 5 N–H and O–H groups in total. The van der Waals surface area contributed by atoms with E-state index in [-0.39, 0.29) is 42.7 Å². The maximum atomic E-state index is 13.5. The van der Waals surface area contributed by atoms with Crippen molar-refractivity contribution in [2.45, 2.75) is 6.54 Å². The van der Waals surface area contributed by atoms with Crippen LogP contribution in [0.2, 0.25) is 0 Å². The van der Waals surface area contributed by atoms with Crippen LogP contribution in [0.15, 0.2) is 47.3 Å². The number of H-pyrrole nitrogens is 1. The number of nitrogens with zero attached hydrogens (tertiary/aromatic N) is 1. The predicted octanol–water partition coefficient (Wildman–Crippen LogP) is 0.303. The first-order chi connectivity index (χ1) is 17.4. The Labute approximate surface area is 205 Å². The molecule has 0 aliphatic heterocycles. The Kier molecular flexibility index (Phi) is 8.70. The molecule has 12 heteroatoms. The van der Waals surface area contributed by atoms with E-state index in [4.69, 9.17) is 14.9 Å². The van der Waals surface area contributed by atoms with Crippen LogP contribution in [0.5, 0.6) is 11.5 Å². The highest BCUT2D eigenvalue weighted by Gasteiger charge is 2.16. The monoisotopic (exact) mass is 498 g/mol. The number of benzene rings is 2. The van der Waals surface area contributed by atoms with E-state index in [1.165, 1.54) is 32.4 Å². The number of ether oxygens (including phenoxy) is 3. The average molecular weight is 498 g/mol. The molecule has 0 radical (unpaired) electrons. The summed E-state index contributed by atoms with van der Waals surface area (Å²) < 4.78 is 28.7. The molecule has 0 spiro atoms. The van der Waals surface area contributed by atoms with Crippen molar-refractivity contribution in [2.75, 3.05) is 32.7 Å². The van der Waals surface area contributed by atoms with E-state index in [1.807, 2.05) is 0 Å². The maximum absolute atomic E-state index is 13.5. The average Bonchev–Trinajstić information content (AvgIpc) is 2.90. The van der Waals surface area contributed by atoms with Gasteiger partial charge in [0.15, 0.2) is 29.3 Å². The summed E-state index contributed by atoms with van der Waals surface area (Å²) in [7, 11) is 2.64. The standard InChI is InChI=1S/C24H24FN5O6/c1-34-19-11-14(3-8-17(19)25)13-28-23(32)21-29-18(12-26)20(22(31)30-21)27-9-10-36-16-6-4-15(5-7-16)24(33)35-2/h3-8,11-12,26-27H,9-10,13H2,1-2H3,(H,28,32)(H,29,30,31)/p+1. The molecule has 11 nitrogen and oxygen atoms in total. The Morgan fingerprint density at radius 1 is 1.17 bits per heavy atom. The van der Waals surface area contributed by atoms with Gasteiger partial charge in [-0.15, -0.1) is 0 Å². The first kappa shape index (κ1) is 25.9. The Bertz CT molecular complexity index is 1310. The number of hydrogen-bond acceptors (Lipinski definition) is 8. The van der Waals surface area contributed by atoms with Gasteiger partial charge in [0.25, 0.3) is 11.5 Å². The number of halogens is 1. The van der Waals surface area contributed by atoms with E-state index in [0.717, 1.165) is 6.21 Å². The van der Waals surface area contributed by atoms with Gasteiger partial charge in [-0.05, 0) is 42.0 Å². The van der Waals surface area contributed by atoms with Crippen LogP contribution in [0.25, 0.3) is 0 Å². The molecule has 0 saturated carbocycles. The highest BCUT2D eigenvalue weighted by atomic mass is 19.1. The fourth-order valence-corrected chi connectivity index (χ4v) is 3.12. The van der Waals surface area contributed by atoms with Gasteiger partial charge >= 0.3 is 5.97 Å². The molecule has 3 rings (SSSR count). The fraction of sp³-hybridized carbons (Fsp3) is 0.208. The Morgan fingerprint density at radius 3 is 2.58 bits per heavy atom. The third-order valence-corrected chi connectivity index (χ3v) is 4.94. The number of aromatic amines is 1. The first-order valence-electron chi connectivity index (χ1n) is 10.7. The summed E-state index contributed by atoms with van der Waals surface area (Å²) in [4.78, 5) is 43.0. The van der Waals surface area contributed by atoms with E-state index in [9.17, 15) is 18.8 Å². The van der Waals surface area contributed by atoms with E-state index >= 15 is 0 Å². The topological polar surface area (TPSA) is 157 Å². The van der Waals surface area contributed by atoms with E-state index in [1.54, 1.807) is 24.3 Å². The highest BCUT2D eigenvalue weighted by Crippen LogP contribution is 2.18. The third kappa shape index (κ3) is 6.44. The number of carbonyl (C=O) groups is 2. The second kappa shape index (κ2) is 12.1. The van der Waals surface area contributed by atoms with Crippen LogP contribution in [0.3, 0.4) is 0 Å². The smallest absolute Gasteiger partial charge is 0.337 e. The molecule has 0 fully saturated rings. The highest BCUT2D eigenvalue weighted by molar-refractivity contribution is 5.92. The number of methoxy groups -OCH3 is 2. The minimum Gasteiger partial charge on any atom is -0.494 e. The zero-order valence-electron chi connectivity index (χ0n) is 19.6. The summed E-state index contributed by atoms with van der Waals surface area (Å²) in [5, 5.41) is 11.1. The number of carbonyl (C=O) groups excluding carboxylic acids is 2. The maximum Gasteiger partial charge on any atom is 0.337 e. The second-order valence-electron chi connectivity index (χ2n) is 7.28. The summed E-state index contributed by atoms with van der Waals surface area (Å²) in [5.74, 6) is -1.29. The molecule has 0 aliphatic carbocycles. The number of nitrogens with one attached hydrogen (secondary N) is 3. The number of amides is 1. The van der Waals surface area contributed by atoms with Gasteiger partial charge in [0.2, 0.25) is 0 Å². The summed E-state index contributed by atoms with van der Waals surface area (Å²) >= 11 is 0. The van der Waals surface area contributed by atoms with Crippen molar-refractivity contribution in [1.82, 2.24) is 15.3 Å². The number of esters is 1. The van der Waals surface area contributed by atoms with Crippen molar-refractivity contribution in [3.8, 4) is 11.5 Å². The van der Waals surface area contributed by atoms with Gasteiger partial charge in [-0.3, -0.25) is 15.0 Å². The fourth-order valence-electron chi connectivity index (χ4n) is 3.12. The van der Waals surface area contributed by atoms with E-state index in [2.05, 4.69) is 25.3 Å². The summed E-state index contributed by atoms with van der Waals surface area (Å²) in [6, 6.07) is 10.6. The molecule has 0 aliphatic rings. The molecular weight excluding hydrogens is 473 g/mol. The van der Waals surface area contributed by atoms with Gasteiger partial charge in [0, 0.05) is 13.1 Å². The number of aromatic nitrogens is 2. The lowest BCUT2D eigenvalue weighted by molar-refractivity contribution is -0.104. The summed E-state index contributed by atoms with van der Waals surface area (Å²) in [6.07, 6.45) is 1.10. The van der Waals surface area contributed by atoms with Crippen molar-refractivity contribution >= 4 is 23.8 Å². The lowest BCUT2D eigenvalue weighted by atomic mass is 10.2. The molecule has 3 aromatic rings. The van der Waals surface area contributed by atoms with Crippen molar-refractivity contribution < 1.29 is 33.6 Å². The zero-order chi connectivity index (χ0) is 26.1. The molecule has 0 saturated heterocycles. The van der Waals surface area contributed by atoms with Crippen LogP contribution < -0.4 is 31.1 Å². The lowest BCUT2D eigenvalue weighted by Gasteiger charge is -2.11. The number of nitrogens with two attached hydrogens (primary N) is 1. The lowest BCUT2D eigenvalue weighted by Crippen LogP contribution is -2.35. The van der Waals surface area contributed by atoms with Gasteiger partial charge in [-0.1, -0.05) is 6.07 Å². The van der Waals surface area contributed by atoms with Gasteiger partial charge in [0.05, 0.1) is 19.8 Å². The number of hydrogen-bond donors (Lipinski definition) is 4. The van der Waals surface area contributed by atoms with Gasteiger partial charge in [-0.25, -0.2) is 14.2 Å². The second-order valence-corrected chi connectivity index (χ2v) is 7.28. The third-order valence-electron chi connectivity index (χ3n) is 4.94. The van der Waals surface area contributed by atoms with Crippen molar-refractivity contribution in [1.29, 1.82) is 0 Å².